The average molecular weight is 401 g/mol. The molecule has 0 aliphatic heterocycles. The highest BCUT2D eigenvalue weighted by Gasteiger charge is 2.14. The molecular weight excluding hydrogens is 380 g/mol. The van der Waals surface area contributed by atoms with Crippen LogP contribution in [0.25, 0.3) is 22.4 Å². The van der Waals surface area contributed by atoms with E-state index in [2.05, 4.69) is 35.0 Å². The Morgan fingerprint density at radius 1 is 0.931 bits per heavy atom. The van der Waals surface area contributed by atoms with Crippen molar-refractivity contribution in [1.29, 1.82) is 0 Å². The summed E-state index contributed by atoms with van der Waals surface area (Å²) >= 11 is 1.70. The van der Waals surface area contributed by atoms with E-state index in [0.29, 0.717) is 6.61 Å². The third kappa shape index (κ3) is 3.47. The van der Waals surface area contributed by atoms with Crippen molar-refractivity contribution in [1.82, 2.24) is 18.9 Å². The van der Waals surface area contributed by atoms with E-state index < -0.39 is 0 Å². The number of ether oxygens (including phenoxy) is 1. The standard InChI is InChI=1S/C23H20N4OS/c1-2-28-19-12-10-18(11-13-19)27-21-8-4-3-7-20(21)25-23(27)29-16-17-15-26-14-6-5-9-22(26)24-17/h3-15H,2,16H2,1H3. The third-order valence-electron chi connectivity index (χ3n) is 4.70. The number of pyridine rings is 1. The first-order chi connectivity index (χ1) is 14.3. The van der Waals surface area contributed by atoms with Crippen LogP contribution in [0.1, 0.15) is 12.6 Å². The summed E-state index contributed by atoms with van der Waals surface area (Å²) in [7, 11) is 0. The van der Waals surface area contributed by atoms with Crippen molar-refractivity contribution in [2.24, 2.45) is 0 Å². The SMILES string of the molecule is CCOc1ccc(-n2c(SCc3cn4ccccc4n3)nc3ccccc32)cc1. The molecule has 3 heterocycles. The number of fused-ring (bicyclic) bond motifs is 2. The monoisotopic (exact) mass is 400 g/mol. The first-order valence-corrected chi connectivity index (χ1v) is 10.6. The Bertz CT molecular complexity index is 1240. The van der Waals surface area contributed by atoms with Gasteiger partial charge in [-0.1, -0.05) is 30.0 Å². The van der Waals surface area contributed by atoms with Crippen molar-refractivity contribution in [2.45, 2.75) is 17.8 Å². The molecule has 29 heavy (non-hydrogen) atoms. The Kier molecular flexibility index (Phi) is 4.69. The predicted molar refractivity (Wildman–Crippen MR) is 117 cm³/mol. The zero-order valence-electron chi connectivity index (χ0n) is 16.0. The van der Waals surface area contributed by atoms with Gasteiger partial charge >= 0.3 is 0 Å². The Hall–Kier alpha value is -3.25. The molecule has 0 atom stereocenters. The molecule has 2 aromatic carbocycles. The fourth-order valence-electron chi connectivity index (χ4n) is 3.40. The van der Waals surface area contributed by atoms with Gasteiger partial charge in [-0.15, -0.1) is 0 Å². The van der Waals surface area contributed by atoms with Crippen LogP contribution in [0.5, 0.6) is 5.75 Å². The highest BCUT2D eigenvalue weighted by molar-refractivity contribution is 7.98. The van der Waals surface area contributed by atoms with Crippen LogP contribution in [-0.2, 0) is 5.75 Å². The highest BCUT2D eigenvalue weighted by Crippen LogP contribution is 2.30. The van der Waals surface area contributed by atoms with Gasteiger partial charge in [-0.05, 0) is 55.5 Å². The van der Waals surface area contributed by atoms with E-state index in [1.54, 1.807) is 11.8 Å². The Labute approximate surface area is 173 Å². The number of hydrogen-bond acceptors (Lipinski definition) is 4. The number of aromatic nitrogens is 4. The number of hydrogen-bond donors (Lipinski definition) is 0. The average Bonchev–Trinajstić information content (AvgIpc) is 3.34. The maximum absolute atomic E-state index is 5.59. The molecule has 0 aliphatic carbocycles. The molecule has 5 aromatic rings. The van der Waals surface area contributed by atoms with Crippen molar-refractivity contribution < 1.29 is 4.74 Å². The zero-order chi connectivity index (χ0) is 19.6. The number of nitrogens with zero attached hydrogens (tertiary/aromatic N) is 4. The van der Waals surface area contributed by atoms with Crippen molar-refractivity contribution in [2.75, 3.05) is 6.61 Å². The molecule has 0 amide bonds. The maximum Gasteiger partial charge on any atom is 0.174 e. The second kappa shape index (κ2) is 7.64. The molecule has 0 N–H and O–H groups in total. The van der Waals surface area contributed by atoms with E-state index >= 15 is 0 Å². The van der Waals surface area contributed by atoms with Crippen LogP contribution in [0.15, 0.2) is 84.3 Å². The summed E-state index contributed by atoms with van der Waals surface area (Å²) in [6.07, 6.45) is 4.10. The van der Waals surface area contributed by atoms with Crippen LogP contribution < -0.4 is 4.74 Å². The minimum absolute atomic E-state index is 0.660. The maximum atomic E-state index is 5.59. The van der Waals surface area contributed by atoms with Gasteiger partial charge in [0.2, 0.25) is 0 Å². The second-order valence-electron chi connectivity index (χ2n) is 6.63. The topological polar surface area (TPSA) is 44.4 Å². The fraction of sp³-hybridized carbons (Fsp3) is 0.130. The van der Waals surface area contributed by atoms with E-state index in [1.807, 2.05) is 60.0 Å². The number of rotatable bonds is 6. The first kappa shape index (κ1) is 17.8. The van der Waals surface area contributed by atoms with Gasteiger partial charge in [0.15, 0.2) is 5.16 Å². The van der Waals surface area contributed by atoms with E-state index in [0.717, 1.165) is 44.7 Å². The molecule has 0 spiro atoms. The van der Waals surface area contributed by atoms with Crippen LogP contribution in [0.2, 0.25) is 0 Å². The van der Waals surface area contributed by atoms with Gasteiger partial charge in [0.1, 0.15) is 11.4 Å². The molecule has 0 saturated heterocycles. The Morgan fingerprint density at radius 2 is 1.76 bits per heavy atom. The largest absolute Gasteiger partial charge is 0.494 e. The zero-order valence-corrected chi connectivity index (χ0v) is 16.8. The molecule has 3 aromatic heterocycles. The molecule has 0 saturated carbocycles. The molecular formula is C23H20N4OS. The van der Waals surface area contributed by atoms with Crippen molar-refractivity contribution in [3.63, 3.8) is 0 Å². The summed E-state index contributed by atoms with van der Waals surface area (Å²) in [6.45, 7) is 2.65. The van der Waals surface area contributed by atoms with Crippen LogP contribution in [0, 0.1) is 0 Å². The molecule has 144 valence electrons. The molecule has 0 aliphatic rings. The minimum Gasteiger partial charge on any atom is -0.494 e. The number of thioether (sulfide) groups is 1. The van der Waals surface area contributed by atoms with Gasteiger partial charge in [-0.25, -0.2) is 9.97 Å². The van der Waals surface area contributed by atoms with Crippen molar-refractivity contribution in [3.05, 3.63) is 84.8 Å². The summed E-state index contributed by atoms with van der Waals surface area (Å²) in [5, 5.41) is 0.951. The lowest BCUT2D eigenvalue weighted by Gasteiger charge is -2.10. The van der Waals surface area contributed by atoms with Gasteiger partial charge in [0.25, 0.3) is 0 Å². The Balaban J connectivity index is 1.50. The molecule has 0 bridgehead atoms. The minimum atomic E-state index is 0.660. The molecule has 0 radical (unpaired) electrons. The van der Waals surface area contributed by atoms with Gasteiger partial charge < -0.3 is 9.14 Å². The Morgan fingerprint density at radius 3 is 2.59 bits per heavy atom. The van der Waals surface area contributed by atoms with Crippen LogP contribution in [0.4, 0.5) is 0 Å². The molecule has 6 heteroatoms. The highest BCUT2D eigenvalue weighted by atomic mass is 32.2. The van der Waals surface area contributed by atoms with Crippen molar-refractivity contribution in [3.8, 4) is 11.4 Å². The van der Waals surface area contributed by atoms with Gasteiger partial charge in [-0.2, -0.15) is 0 Å². The van der Waals surface area contributed by atoms with E-state index in [-0.39, 0.29) is 0 Å². The number of para-hydroxylation sites is 2. The van der Waals surface area contributed by atoms with E-state index in [1.165, 1.54) is 0 Å². The second-order valence-corrected chi connectivity index (χ2v) is 7.57. The van der Waals surface area contributed by atoms with E-state index in [4.69, 9.17) is 14.7 Å². The predicted octanol–water partition coefficient (Wildman–Crippen LogP) is 5.36. The summed E-state index contributed by atoms with van der Waals surface area (Å²) in [5.74, 6) is 1.63. The van der Waals surface area contributed by atoms with E-state index in [9.17, 15) is 0 Å². The lowest BCUT2D eigenvalue weighted by molar-refractivity contribution is 0.340. The molecule has 5 nitrogen and oxygen atoms in total. The summed E-state index contributed by atoms with van der Waals surface area (Å²) in [5.41, 5.74) is 5.14. The van der Waals surface area contributed by atoms with Gasteiger partial charge in [-0.3, -0.25) is 4.57 Å². The van der Waals surface area contributed by atoms with Gasteiger partial charge in [0, 0.05) is 23.8 Å². The number of imidazole rings is 2. The summed E-state index contributed by atoms with van der Waals surface area (Å²) in [6, 6.07) is 22.4. The normalized spacial score (nSPS) is 11.3. The van der Waals surface area contributed by atoms with Crippen LogP contribution in [-0.4, -0.2) is 25.5 Å². The third-order valence-corrected chi connectivity index (χ3v) is 5.67. The lowest BCUT2D eigenvalue weighted by atomic mass is 10.2. The van der Waals surface area contributed by atoms with Gasteiger partial charge in [0.05, 0.1) is 23.3 Å². The van der Waals surface area contributed by atoms with Crippen molar-refractivity contribution >= 4 is 28.4 Å². The molecule has 5 rings (SSSR count). The fourth-order valence-corrected chi connectivity index (χ4v) is 4.32. The number of benzene rings is 2. The quantitative estimate of drug-likeness (QED) is 0.360. The molecule has 0 fully saturated rings. The molecule has 0 unspecified atom stereocenters. The smallest absolute Gasteiger partial charge is 0.174 e. The summed E-state index contributed by atoms with van der Waals surface area (Å²) in [4.78, 5) is 9.58. The summed E-state index contributed by atoms with van der Waals surface area (Å²) < 4.78 is 9.84. The van der Waals surface area contributed by atoms with Crippen LogP contribution >= 0.6 is 11.8 Å². The van der Waals surface area contributed by atoms with Crippen LogP contribution in [0.3, 0.4) is 0 Å². The lowest BCUT2D eigenvalue weighted by Crippen LogP contribution is -1.98. The first-order valence-electron chi connectivity index (χ1n) is 9.58.